The summed E-state index contributed by atoms with van der Waals surface area (Å²) in [5.74, 6) is 0.739. The van der Waals surface area contributed by atoms with Gasteiger partial charge in [-0.3, -0.25) is 15.1 Å². The molecule has 0 fully saturated rings. The number of rotatable bonds is 3. The summed E-state index contributed by atoms with van der Waals surface area (Å²) in [6.07, 6.45) is 5.99. The van der Waals surface area contributed by atoms with E-state index in [0.717, 1.165) is 34.8 Å². The van der Waals surface area contributed by atoms with Gasteiger partial charge in [0.05, 0.1) is 12.2 Å². The zero-order valence-electron chi connectivity index (χ0n) is 13.1. The van der Waals surface area contributed by atoms with Gasteiger partial charge in [0.1, 0.15) is 5.75 Å². The van der Waals surface area contributed by atoms with Crippen molar-refractivity contribution in [3.8, 4) is 16.9 Å². The molecule has 0 aliphatic carbocycles. The number of nitrogens with one attached hydrogen (secondary N) is 1. The second-order valence-corrected chi connectivity index (χ2v) is 6.85. The maximum absolute atomic E-state index is 12.4. The van der Waals surface area contributed by atoms with Gasteiger partial charge in [0.25, 0.3) is 5.91 Å². The van der Waals surface area contributed by atoms with E-state index in [-0.39, 0.29) is 5.91 Å². The lowest BCUT2D eigenvalue weighted by Crippen LogP contribution is -2.12. The van der Waals surface area contributed by atoms with Gasteiger partial charge >= 0.3 is 0 Å². The number of aromatic nitrogens is 2. The summed E-state index contributed by atoms with van der Waals surface area (Å²) in [5, 5.41) is 3.40. The van der Waals surface area contributed by atoms with E-state index in [0.29, 0.717) is 10.7 Å². The molecule has 5 nitrogen and oxygen atoms in total. The number of hydrogen-bond acceptors (Lipinski definition) is 5. The van der Waals surface area contributed by atoms with Crippen LogP contribution in [0.3, 0.4) is 0 Å². The maximum Gasteiger partial charge on any atom is 0.259 e. The van der Waals surface area contributed by atoms with Gasteiger partial charge in [-0.2, -0.15) is 0 Å². The average Bonchev–Trinajstić information content (AvgIpc) is 3.23. The number of ether oxygens (including phenoxy) is 1. The summed E-state index contributed by atoms with van der Waals surface area (Å²) in [5.41, 5.74) is 3.65. The van der Waals surface area contributed by atoms with Gasteiger partial charge in [-0.15, -0.1) is 11.3 Å². The Bertz CT molecular complexity index is 920. The van der Waals surface area contributed by atoms with E-state index in [1.165, 1.54) is 16.9 Å². The minimum Gasteiger partial charge on any atom is -0.493 e. The molecule has 1 aromatic carbocycles. The standard InChI is InChI=1S/C18H15N3O2S/c1-11-8-20-18(24-11)21-17(22)15-7-14(9-19-10-15)12-2-3-16-13(6-12)4-5-23-16/h2-3,6-10H,4-5H2,1H3,(H,20,21,22). The van der Waals surface area contributed by atoms with E-state index in [1.807, 2.05) is 25.1 Å². The highest BCUT2D eigenvalue weighted by Gasteiger charge is 2.14. The third-order valence-corrected chi connectivity index (χ3v) is 4.69. The number of carbonyl (C=O) groups excluding carboxylic acids is 1. The molecule has 1 aliphatic rings. The fourth-order valence-electron chi connectivity index (χ4n) is 2.67. The van der Waals surface area contributed by atoms with Crippen LogP contribution in [0.15, 0.2) is 42.9 Å². The van der Waals surface area contributed by atoms with E-state index in [1.54, 1.807) is 18.6 Å². The van der Waals surface area contributed by atoms with Crippen molar-refractivity contribution in [1.82, 2.24) is 9.97 Å². The summed E-state index contributed by atoms with van der Waals surface area (Å²) < 4.78 is 5.53. The summed E-state index contributed by atoms with van der Waals surface area (Å²) in [6.45, 7) is 2.68. The van der Waals surface area contributed by atoms with Crippen LogP contribution in [-0.2, 0) is 6.42 Å². The Balaban J connectivity index is 1.60. The maximum atomic E-state index is 12.4. The van der Waals surface area contributed by atoms with Gasteiger partial charge < -0.3 is 4.74 Å². The third kappa shape index (κ3) is 2.88. The largest absolute Gasteiger partial charge is 0.493 e. The molecule has 120 valence electrons. The molecule has 1 aliphatic heterocycles. The van der Waals surface area contributed by atoms with Crippen molar-refractivity contribution in [2.75, 3.05) is 11.9 Å². The zero-order chi connectivity index (χ0) is 16.5. The number of anilines is 1. The molecule has 0 saturated carbocycles. The Labute approximate surface area is 143 Å². The van der Waals surface area contributed by atoms with Gasteiger partial charge in [-0.05, 0) is 36.2 Å². The van der Waals surface area contributed by atoms with Crippen molar-refractivity contribution in [3.63, 3.8) is 0 Å². The van der Waals surface area contributed by atoms with Gasteiger partial charge in [0, 0.05) is 35.5 Å². The lowest BCUT2D eigenvalue weighted by Gasteiger charge is -2.06. The molecule has 0 atom stereocenters. The monoisotopic (exact) mass is 337 g/mol. The van der Waals surface area contributed by atoms with Gasteiger partial charge in [0.2, 0.25) is 0 Å². The number of pyridine rings is 1. The van der Waals surface area contributed by atoms with Crippen LogP contribution in [0.5, 0.6) is 5.75 Å². The van der Waals surface area contributed by atoms with E-state index >= 15 is 0 Å². The lowest BCUT2D eigenvalue weighted by molar-refractivity contribution is 0.102. The van der Waals surface area contributed by atoms with Crippen LogP contribution < -0.4 is 10.1 Å². The van der Waals surface area contributed by atoms with Crippen molar-refractivity contribution in [2.45, 2.75) is 13.3 Å². The molecule has 24 heavy (non-hydrogen) atoms. The first-order valence-electron chi connectivity index (χ1n) is 7.64. The predicted molar refractivity (Wildman–Crippen MR) is 93.7 cm³/mol. The Kier molecular flexibility index (Phi) is 3.74. The van der Waals surface area contributed by atoms with Crippen molar-refractivity contribution in [2.24, 2.45) is 0 Å². The Hall–Kier alpha value is -2.73. The number of hydrogen-bond donors (Lipinski definition) is 1. The van der Waals surface area contributed by atoms with Crippen molar-refractivity contribution < 1.29 is 9.53 Å². The molecule has 0 saturated heterocycles. The van der Waals surface area contributed by atoms with Crippen LogP contribution in [0, 0.1) is 6.92 Å². The smallest absolute Gasteiger partial charge is 0.259 e. The summed E-state index contributed by atoms with van der Waals surface area (Å²) in [4.78, 5) is 21.8. The third-order valence-electron chi connectivity index (χ3n) is 3.86. The van der Waals surface area contributed by atoms with E-state index in [9.17, 15) is 4.79 Å². The Morgan fingerprint density at radius 3 is 2.96 bits per heavy atom. The number of benzene rings is 1. The second kappa shape index (κ2) is 6.05. The fraction of sp³-hybridized carbons (Fsp3) is 0.167. The normalized spacial score (nSPS) is 12.5. The molecule has 3 aromatic rings. The van der Waals surface area contributed by atoms with Gasteiger partial charge in [0.15, 0.2) is 5.13 Å². The number of carbonyl (C=O) groups is 1. The van der Waals surface area contributed by atoms with Crippen LogP contribution in [0.1, 0.15) is 20.8 Å². The minimum absolute atomic E-state index is 0.205. The van der Waals surface area contributed by atoms with Gasteiger partial charge in [-0.1, -0.05) is 6.07 Å². The Morgan fingerprint density at radius 2 is 2.12 bits per heavy atom. The fourth-order valence-corrected chi connectivity index (χ4v) is 3.33. The minimum atomic E-state index is -0.205. The van der Waals surface area contributed by atoms with Crippen LogP contribution >= 0.6 is 11.3 Å². The van der Waals surface area contributed by atoms with Crippen LogP contribution in [-0.4, -0.2) is 22.5 Å². The van der Waals surface area contributed by atoms with Crippen molar-refractivity contribution in [1.29, 1.82) is 0 Å². The molecule has 0 unspecified atom stereocenters. The van der Waals surface area contributed by atoms with Crippen LogP contribution in [0.25, 0.3) is 11.1 Å². The summed E-state index contributed by atoms with van der Waals surface area (Å²) in [6, 6.07) is 7.92. The molecule has 1 amide bonds. The highest BCUT2D eigenvalue weighted by molar-refractivity contribution is 7.15. The first-order valence-corrected chi connectivity index (χ1v) is 8.45. The molecule has 3 heterocycles. The molecule has 0 bridgehead atoms. The first kappa shape index (κ1) is 14.8. The van der Waals surface area contributed by atoms with E-state index in [4.69, 9.17) is 4.74 Å². The average molecular weight is 337 g/mol. The number of thiazole rings is 1. The van der Waals surface area contributed by atoms with Gasteiger partial charge in [-0.25, -0.2) is 4.98 Å². The number of nitrogens with zero attached hydrogens (tertiary/aromatic N) is 2. The van der Waals surface area contributed by atoms with Crippen LogP contribution in [0.4, 0.5) is 5.13 Å². The number of fused-ring (bicyclic) bond motifs is 1. The molecular formula is C18H15N3O2S. The number of aryl methyl sites for hydroxylation is 1. The Morgan fingerprint density at radius 1 is 1.21 bits per heavy atom. The molecule has 4 rings (SSSR count). The lowest BCUT2D eigenvalue weighted by atomic mass is 10.0. The molecule has 6 heteroatoms. The van der Waals surface area contributed by atoms with E-state index < -0.39 is 0 Å². The SMILES string of the molecule is Cc1cnc(NC(=O)c2cncc(-c3ccc4c(c3)CCO4)c2)s1. The van der Waals surface area contributed by atoms with Crippen molar-refractivity contribution in [3.05, 3.63) is 58.9 Å². The van der Waals surface area contributed by atoms with Crippen LogP contribution in [0.2, 0.25) is 0 Å². The molecule has 0 spiro atoms. The quantitative estimate of drug-likeness (QED) is 0.791. The summed E-state index contributed by atoms with van der Waals surface area (Å²) in [7, 11) is 0. The predicted octanol–water partition coefficient (Wildman–Crippen LogP) is 3.70. The molecule has 2 aromatic heterocycles. The molecular weight excluding hydrogens is 322 g/mol. The summed E-state index contributed by atoms with van der Waals surface area (Å²) >= 11 is 1.45. The first-order chi connectivity index (χ1) is 11.7. The van der Waals surface area contributed by atoms with E-state index in [2.05, 4.69) is 21.4 Å². The molecule has 0 radical (unpaired) electrons. The zero-order valence-corrected chi connectivity index (χ0v) is 13.9. The molecule has 1 N–H and O–H groups in total. The highest BCUT2D eigenvalue weighted by atomic mass is 32.1. The highest BCUT2D eigenvalue weighted by Crippen LogP contribution is 2.30. The van der Waals surface area contributed by atoms with Crippen molar-refractivity contribution >= 4 is 22.4 Å². The second-order valence-electron chi connectivity index (χ2n) is 5.61. The number of amides is 1. The topological polar surface area (TPSA) is 64.1 Å².